The fourth-order valence-electron chi connectivity index (χ4n) is 2.51. The summed E-state index contributed by atoms with van der Waals surface area (Å²) in [5, 5.41) is 14.4. The maximum absolute atomic E-state index is 10.2. The Hall–Kier alpha value is -0.610. The predicted molar refractivity (Wildman–Crippen MR) is 77.8 cm³/mol. The largest absolute Gasteiger partial charge is 0.389 e. The van der Waals surface area contributed by atoms with E-state index in [0.717, 1.165) is 17.9 Å². The van der Waals surface area contributed by atoms with E-state index in [1.807, 2.05) is 19.1 Å². The van der Waals surface area contributed by atoms with Crippen molar-refractivity contribution in [3.05, 3.63) is 34.3 Å². The summed E-state index contributed by atoms with van der Waals surface area (Å²) in [4.78, 5) is 0. The molecule has 0 aliphatic heterocycles. The van der Waals surface area contributed by atoms with E-state index in [9.17, 15) is 5.11 Å². The molecule has 2 N–H and O–H groups in total. The van der Waals surface area contributed by atoms with E-state index >= 15 is 0 Å². The van der Waals surface area contributed by atoms with Crippen molar-refractivity contribution in [3.8, 4) is 0 Å². The highest BCUT2D eigenvalue weighted by molar-refractivity contribution is 6.30. The molecular weight excluding hydrogens is 262 g/mol. The molecule has 2 rings (SSSR count). The van der Waals surface area contributed by atoms with Gasteiger partial charge in [0.25, 0.3) is 0 Å². The minimum atomic E-state index is -0.720. The molecule has 1 aromatic rings. The lowest BCUT2D eigenvalue weighted by molar-refractivity contribution is 0.0230. The number of nitrogens with one attached hydrogen (secondary N) is 1. The molecule has 4 heteroatoms. The standard InChI is InChI=1S/C15H22ClNO2/c1-15(18,5-6-19-2)10-17-14-8-11-3-4-13(16)7-12(11)9-14/h3-4,7,14,17-18H,5-6,8-10H2,1-2H3. The SMILES string of the molecule is COCCC(C)(O)CNC1Cc2ccc(Cl)cc2C1. The van der Waals surface area contributed by atoms with Gasteiger partial charge in [0.15, 0.2) is 0 Å². The van der Waals surface area contributed by atoms with Crippen LogP contribution in [0.3, 0.4) is 0 Å². The molecule has 0 aromatic heterocycles. The Balaban J connectivity index is 1.83. The first kappa shape index (κ1) is 14.8. The average molecular weight is 284 g/mol. The van der Waals surface area contributed by atoms with E-state index in [-0.39, 0.29) is 0 Å². The van der Waals surface area contributed by atoms with Gasteiger partial charge in [0, 0.05) is 37.7 Å². The molecule has 0 amide bonds. The van der Waals surface area contributed by atoms with Crippen molar-refractivity contribution >= 4 is 11.6 Å². The summed E-state index contributed by atoms with van der Waals surface area (Å²) in [6, 6.07) is 6.48. The average Bonchev–Trinajstić information content (AvgIpc) is 2.76. The van der Waals surface area contributed by atoms with Crippen molar-refractivity contribution in [1.29, 1.82) is 0 Å². The number of benzene rings is 1. The molecule has 0 saturated carbocycles. The quantitative estimate of drug-likeness (QED) is 0.841. The number of halogens is 1. The summed E-state index contributed by atoms with van der Waals surface area (Å²) in [7, 11) is 1.65. The van der Waals surface area contributed by atoms with Crippen molar-refractivity contribution in [2.75, 3.05) is 20.3 Å². The van der Waals surface area contributed by atoms with Crippen LogP contribution < -0.4 is 5.32 Å². The first-order valence-electron chi connectivity index (χ1n) is 6.72. The van der Waals surface area contributed by atoms with Gasteiger partial charge < -0.3 is 15.2 Å². The second-order valence-electron chi connectivity index (χ2n) is 5.64. The molecule has 1 aliphatic carbocycles. The minimum Gasteiger partial charge on any atom is -0.389 e. The zero-order valence-corrected chi connectivity index (χ0v) is 12.3. The molecule has 0 radical (unpaired) electrons. The van der Waals surface area contributed by atoms with E-state index in [2.05, 4.69) is 11.4 Å². The topological polar surface area (TPSA) is 41.5 Å². The maximum atomic E-state index is 10.2. The van der Waals surface area contributed by atoms with Crippen LogP contribution in [0.4, 0.5) is 0 Å². The smallest absolute Gasteiger partial charge is 0.0765 e. The van der Waals surface area contributed by atoms with Crippen LogP contribution in [0, 0.1) is 0 Å². The third kappa shape index (κ3) is 4.18. The molecule has 106 valence electrons. The van der Waals surface area contributed by atoms with Gasteiger partial charge in [-0.2, -0.15) is 0 Å². The van der Waals surface area contributed by atoms with Crippen LogP contribution in [0.25, 0.3) is 0 Å². The van der Waals surface area contributed by atoms with Gasteiger partial charge in [-0.1, -0.05) is 17.7 Å². The summed E-state index contributed by atoms with van der Waals surface area (Å²) in [5.41, 5.74) is 1.96. The molecule has 0 heterocycles. The second-order valence-corrected chi connectivity index (χ2v) is 6.08. The maximum Gasteiger partial charge on any atom is 0.0765 e. The number of ether oxygens (including phenoxy) is 1. The fraction of sp³-hybridized carbons (Fsp3) is 0.600. The second kappa shape index (κ2) is 6.23. The van der Waals surface area contributed by atoms with Crippen LogP contribution >= 0.6 is 11.6 Å². The van der Waals surface area contributed by atoms with Gasteiger partial charge in [-0.3, -0.25) is 0 Å². The molecule has 0 fully saturated rings. The first-order valence-corrected chi connectivity index (χ1v) is 7.10. The van der Waals surface area contributed by atoms with Crippen LogP contribution in [-0.2, 0) is 17.6 Å². The summed E-state index contributed by atoms with van der Waals surface area (Å²) in [6.07, 6.45) is 2.63. The minimum absolute atomic E-state index is 0.391. The van der Waals surface area contributed by atoms with Gasteiger partial charge in [0.05, 0.1) is 5.60 Å². The van der Waals surface area contributed by atoms with Crippen LogP contribution in [0.2, 0.25) is 5.02 Å². The van der Waals surface area contributed by atoms with Gasteiger partial charge in [0.2, 0.25) is 0 Å². The zero-order chi connectivity index (χ0) is 13.9. The van der Waals surface area contributed by atoms with Crippen molar-refractivity contribution in [1.82, 2.24) is 5.32 Å². The molecule has 19 heavy (non-hydrogen) atoms. The highest BCUT2D eigenvalue weighted by atomic mass is 35.5. The molecule has 0 bridgehead atoms. The first-order chi connectivity index (χ1) is 9.00. The van der Waals surface area contributed by atoms with E-state index < -0.39 is 5.60 Å². The third-order valence-corrected chi connectivity index (χ3v) is 3.95. The lowest BCUT2D eigenvalue weighted by Gasteiger charge is -2.25. The highest BCUT2D eigenvalue weighted by Crippen LogP contribution is 2.25. The molecule has 3 nitrogen and oxygen atoms in total. The van der Waals surface area contributed by atoms with Crippen LogP contribution in [0.1, 0.15) is 24.5 Å². The number of rotatable bonds is 6. The third-order valence-electron chi connectivity index (χ3n) is 3.72. The number of fused-ring (bicyclic) bond motifs is 1. The Kier molecular flexibility index (Phi) is 4.85. The van der Waals surface area contributed by atoms with Gasteiger partial charge in [-0.05, 0) is 43.0 Å². The number of hydrogen-bond donors (Lipinski definition) is 2. The van der Waals surface area contributed by atoms with Crippen molar-refractivity contribution in [3.63, 3.8) is 0 Å². The normalized spacial score (nSPS) is 21.2. The van der Waals surface area contributed by atoms with Gasteiger partial charge in [-0.25, -0.2) is 0 Å². The van der Waals surface area contributed by atoms with Crippen molar-refractivity contribution in [2.24, 2.45) is 0 Å². The number of methoxy groups -OCH3 is 1. The molecule has 0 spiro atoms. The Morgan fingerprint density at radius 3 is 2.89 bits per heavy atom. The van der Waals surface area contributed by atoms with E-state index in [0.29, 0.717) is 25.6 Å². The summed E-state index contributed by atoms with van der Waals surface area (Å²) < 4.78 is 5.01. The van der Waals surface area contributed by atoms with Crippen molar-refractivity contribution < 1.29 is 9.84 Å². The Bertz CT molecular complexity index is 434. The number of hydrogen-bond acceptors (Lipinski definition) is 3. The lowest BCUT2D eigenvalue weighted by Crippen LogP contribution is -2.43. The van der Waals surface area contributed by atoms with Gasteiger partial charge in [0.1, 0.15) is 0 Å². The van der Waals surface area contributed by atoms with E-state index in [1.54, 1.807) is 7.11 Å². The highest BCUT2D eigenvalue weighted by Gasteiger charge is 2.25. The Morgan fingerprint density at radius 1 is 1.42 bits per heavy atom. The van der Waals surface area contributed by atoms with Gasteiger partial charge in [-0.15, -0.1) is 0 Å². The van der Waals surface area contributed by atoms with Gasteiger partial charge >= 0.3 is 0 Å². The molecular formula is C15H22ClNO2. The zero-order valence-electron chi connectivity index (χ0n) is 11.6. The van der Waals surface area contributed by atoms with Crippen LogP contribution in [0.15, 0.2) is 18.2 Å². The summed E-state index contributed by atoms with van der Waals surface area (Å²) in [6.45, 7) is 3.01. The lowest BCUT2D eigenvalue weighted by atomic mass is 10.0. The molecule has 2 unspecified atom stereocenters. The molecule has 2 atom stereocenters. The molecule has 1 aromatic carbocycles. The molecule has 0 saturated heterocycles. The monoisotopic (exact) mass is 283 g/mol. The van der Waals surface area contributed by atoms with Crippen LogP contribution in [-0.4, -0.2) is 37.0 Å². The summed E-state index contributed by atoms with van der Waals surface area (Å²) in [5.74, 6) is 0. The number of aliphatic hydroxyl groups is 1. The van der Waals surface area contributed by atoms with Crippen molar-refractivity contribution in [2.45, 2.75) is 37.8 Å². The Morgan fingerprint density at radius 2 is 2.16 bits per heavy atom. The van der Waals surface area contributed by atoms with Crippen LogP contribution in [0.5, 0.6) is 0 Å². The van der Waals surface area contributed by atoms with E-state index in [1.165, 1.54) is 11.1 Å². The van der Waals surface area contributed by atoms with E-state index in [4.69, 9.17) is 16.3 Å². The predicted octanol–water partition coefficient (Wildman–Crippen LogP) is 2.18. The fourth-order valence-corrected chi connectivity index (χ4v) is 2.70. The Labute approximate surface area is 119 Å². The molecule has 1 aliphatic rings. The summed E-state index contributed by atoms with van der Waals surface area (Å²) >= 11 is 6.00.